The van der Waals surface area contributed by atoms with Crippen LogP contribution in [0.4, 0.5) is 0 Å². The molecular weight excluding hydrogens is 505 g/mol. The highest BCUT2D eigenvalue weighted by atomic mass is 32.1. The second-order valence-electron chi connectivity index (χ2n) is 8.29. The van der Waals surface area contributed by atoms with Crippen LogP contribution >= 0.6 is 68.0 Å². The molecular formula is C26H18S6. The summed E-state index contributed by atoms with van der Waals surface area (Å²) in [5.41, 5.74) is 2.93. The molecule has 0 N–H and O–H groups in total. The SMILES string of the molecule is Cc1ccc(-c2ccc(-c3cc4sc5c(C)c6c(sc7cc(C)sc76)c(C)c5c4s3)s2)s1. The first-order valence-electron chi connectivity index (χ1n) is 10.4. The van der Waals surface area contributed by atoms with E-state index in [0.29, 0.717) is 0 Å². The largest absolute Gasteiger partial charge is 0.140 e. The number of fused-ring (bicyclic) bond motifs is 6. The van der Waals surface area contributed by atoms with E-state index in [1.807, 2.05) is 68.0 Å². The smallest absolute Gasteiger partial charge is 0.0539 e. The van der Waals surface area contributed by atoms with Crippen LogP contribution in [-0.4, -0.2) is 0 Å². The summed E-state index contributed by atoms with van der Waals surface area (Å²) in [6.45, 7) is 9.08. The van der Waals surface area contributed by atoms with E-state index < -0.39 is 0 Å². The molecule has 6 heterocycles. The Balaban J connectivity index is 1.44. The summed E-state index contributed by atoms with van der Waals surface area (Å²) in [5, 5.41) is 2.99. The third-order valence-electron chi connectivity index (χ3n) is 6.11. The van der Waals surface area contributed by atoms with Gasteiger partial charge in [0.15, 0.2) is 0 Å². The topological polar surface area (TPSA) is 0 Å². The molecule has 0 atom stereocenters. The summed E-state index contributed by atoms with van der Waals surface area (Å²) in [4.78, 5) is 8.33. The van der Waals surface area contributed by atoms with E-state index in [1.165, 1.54) is 79.4 Å². The van der Waals surface area contributed by atoms with E-state index in [2.05, 4.69) is 64.1 Å². The van der Waals surface area contributed by atoms with Crippen LogP contribution in [0.1, 0.15) is 20.9 Å². The second-order valence-corrected chi connectivity index (χ2v) is 15.1. The van der Waals surface area contributed by atoms with Crippen LogP contribution in [0.25, 0.3) is 58.5 Å². The van der Waals surface area contributed by atoms with Crippen molar-refractivity contribution in [2.24, 2.45) is 0 Å². The first kappa shape index (κ1) is 19.9. The standard InChI is InChI=1S/C26H18S6/c1-11-5-6-15(27-11)16-7-8-17(29-16)18-10-20-26(30-18)22-14(4)23-21(13(3)24(22)32-20)25-19(31-23)9-12(2)28-25/h5-10H,1-4H3. The Kier molecular flexibility index (Phi) is 4.34. The summed E-state index contributed by atoms with van der Waals surface area (Å²) >= 11 is 11.7. The number of hydrogen-bond donors (Lipinski definition) is 0. The summed E-state index contributed by atoms with van der Waals surface area (Å²) in [6, 6.07) is 13.8. The molecule has 0 saturated heterocycles. The van der Waals surface area contributed by atoms with Crippen LogP contribution in [-0.2, 0) is 0 Å². The lowest BCUT2D eigenvalue weighted by Crippen LogP contribution is -1.80. The maximum absolute atomic E-state index is 2.43. The van der Waals surface area contributed by atoms with Gasteiger partial charge >= 0.3 is 0 Å². The minimum atomic E-state index is 1.37. The van der Waals surface area contributed by atoms with Crippen LogP contribution in [0, 0.1) is 27.7 Å². The van der Waals surface area contributed by atoms with Gasteiger partial charge in [0, 0.05) is 58.8 Å². The van der Waals surface area contributed by atoms with Crippen LogP contribution in [0.2, 0.25) is 0 Å². The molecule has 0 aliphatic rings. The average Bonchev–Trinajstić information content (AvgIpc) is 3.53. The minimum Gasteiger partial charge on any atom is -0.140 e. The van der Waals surface area contributed by atoms with Gasteiger partial charge in [-0.2, -0.15) is 0 Å². The van der Waals surface area contributed by atoms with Crippen molar-refractivity contribution in [2.75, 3.05) is 0 Å². The van der Waals surface area contributed by atoms with Gasteiger partial charge in [0.1, 0.15) is 0 Å². The normalized spacial score (nSPS) is 12.4. The monoisotopic (exact) mass is 522 g/mol. The fourth-order valence-electron chi connectivity index (χ4n) is 4.62. The molecule has 158 valence electrons. The highest BCUT2D eigenvalue weighted by molar-refractivity contribution is 7.36. The van der Waals surface area contributed by atoms with E-state index in [1.54, 1.807) is 0 Å². The molecule has 7 rings (SSSR count). The summed E-state index contributed by atoms with van der Waals surface area (Å²) in [6.07, 6.45) is 0. The zero-order valence-corrected chi connectivity index (χ0v) is 22.8. The third kappa shape index (κ3) is 2.74. The Bertz CT molecular complexity index is 1820. The first-order chi connectivity index (χ1) is 15.5. The number of rotatable bonds is 2. The van der Waals surface area contributed by atoms with Gasteiger partial charge in [-0.25, -0.2) is 0 Å². The van der Waals surface area contributed by atoms with Gasteiger partial charge in [-0.3, -0.25) is 0 Å². The van der Waals surface area contributed by atoms with Gasteiger partial charge in [0.25, 0.3) is 0 Å². The molecule has 0 radical (unpaired) electrons. The molecule has 32 heavy (non-hydrogen) atoms. The van der Waals surface area contributed by atoms with Crippen LogP contribution in [0.3, 0.4) is 0 Å². The summed E-state index contributed by atoms with van der Waals surface area (Å²) < 4.78 is 8.80. The van der Waals surface area contributed by atoms with Gasteiger partial charge in [-0.1, -0.05) is 0 Å². The van der Waals surface area contributed by atoms with Crippen molar-refractivity contribution in [2.45, 2.75) is 27.7 Å². The Hall–Kier alpha value is -1.54. The predicted octanol–water partition coefficient (Wildman–Crippen LogP) is 11.2. The quantitative estimate of drug-likeness (QED) is 0.212. The Morgan fingerprint density at radius 3 is 1.66 bits per heavy atom. The molecule has 0 aliphatic carbocycles. The lowest BCUT2D eigenvalue weighted by molar-refractivity contribution is 1.59. The van der Waals surface area contributed by atoms with Crippen LogP contribution in [0.15, 0.2) is 36.4 Å². The lowest BCUT2D eigenvalue weighted by atomic mass is 10.0. The average molecular weight is 523 g/mol. The van der Waals surface area contributed by atoms with Crippen molar-refractivity contribution >= 4 is 107 Å². The summed E-state index contributed by atoms with van der Waals surface area (Å²) in [7, 11) is 0. The van der Waals surface area contributed by atoms with Crippen molar-refractivity contribution in [3.05, 3.63) is 57.3 Å². The highest BCUT2D eigenvalue weighted by Crippen LogP contribution is 2.52. The maximum atomic E-state index is 2.43. The van der Waals surface area contributed by atoms with Crippen molar-refractivity contribution in [1.82, 2.24) is 0 Å². The Labute approximate surface area is 210 Å². The van der Waals surface area contributed by atoms with E-state index in [-0.39, 0.29) is 0 Å². The van der Waals surface area contributed by atoms with Gasteiger partial charge in [0.2, 0.25) is 0 Å². The van der Waals surface area contributed by atoms with Gasteiger partial charge in [0.05, 0.1) is 9.40 Å². The van der Waals surface area contributed by atoms with E-state index in [0.717, 1.165) is 0 Å². The van der Waals surface area contributed by atoms with E-state index >= 15 is 0 Å². The Morgan fingerprint density at radius 2 is 1.00 bits per heavy atom. The van der Waals surface area contributed by atoms with Crippen LogP contribution < -0.4 is 0 Å². The highest BCUT2D eigenvalue weighted by Gasteiger charge is 2.21. The second kappa shape index (κ2) is 6.98. The zero-order valence-electron chi connectivity index (χ0n) is 17.9. The predicted molar refractivity (Wildman–Crippen MR) is 154 cm³/mol. The van der Waals surface area contributed by atoms with Crippen molar-refractivity contribution < 1.29 is 0 Å². The molecule has 0 aliphatic heterocycles. The van der Waals surface area contributed by atoms with Crippen molar-refractivity contribution in [1.29, 1.82) is 0 Å². The van der Waals surface area contributed by atoms with E-state index in [9.17, 15) is 0 Å². The molecule has 0 unspecified atom stereocenters. The maximum Gasteiger partial charge on any atom is 0.0539 e. The number of thiophene rings is 6. The van der Waals surface area contributed by atoms with Crippen LogP contribution in [0.5, 0.6) is 0 Å². The fourth-order valence-corrected chi connectivity index (χ4v) is 12.1. The van der Waals surface area contributed by atoms with Gasteiger partial charge < -0.3 is 0 Å². The zero-order chi connectivity index (χ0) is 21.7. The third-order valence-corrected chi connectivity index (χ3v) is 13.6. The van der Waals surface area contributed by atoms with Crippen molar-refractivity contribution in [3.8, 4) is 19.5 Å². The number of benzene rings is 1. The lowest BCUT2D eigenvalue weighted by Gasteiger charge is -2.05. The minimum absolute atomic E-state index is 1.37. The molecule has 0 spiro atoms. The molecule has 0 bridgehead atoms. The molecule has 6 aromatic heterocycles. The van der Waals surface area contributed by atoms with Crippen molar-refractivity contribution in [3.63, 3.8) is 0 Å². The molecule has 0 fully saturated rings. The Morgan fingerprint density at radius 1 is 0.438 bits per heavy atom. The molecule has 0 saturated carbocycles. The number of aryl methyl sites for hydroxylation is 4. The number of hydrogen-bond acceptors (Lipinski definition) is 6. The van der Waals surface area contributed by atoms with Gasteiger partial charge in [-0.15, -0.1) is 68.0 Å². The first-order valence-corrected chi connectivity index (χ1v) is 15.3. The molecule has 0 nitrogen and oxygen atoms in total. The molecule has 1 aromatic carbocycles. The fraction of sp³-hybridized carbons (Fsp3) is 0.154. The van der Waals surface area contributed by atoms with Gasteiger partial charge in [-0.05, 0) is 75.2 Å². The molecule has 6 heteroatoms. The van der Waals surface area contributed by atoms with E-state index in [4.69, 9.17) is 0 Å². The molecule has 7 aromatic rings. The molecule has 0 amide bonds. The summed E-state index contributed by atoms with van der Waals surface area (Å²) in [5.74, 6) is 0.